The highest BCUT2D eigenvalue weighted by Gasteiger charge is 2.21. The summed E-state index contributed by atoms with van der Waals surface area (Å²) in [5.74, 6) is -1.09. The molecule has 0 aliphatic carbocycles. The number of carboxylic acids is 1. The van der Waals surface area contributed by atoms with Gasteiger partial charge >= 0.3 is 5.97 Å². The van der Waals surface area contributed by atoms with Gasteiger partial charge in [0.1, 0.15) is 11.3 Å². The van der Waals surface area contributed by atoms with Gasteiger partial charge in [-0.3, -0.25) is 4.79 Å². The summed E-state index contributed by atoms with van der Waals surface area (Å²) in [5, 5.41) is 15.7. The van der Waals surface area contributed by atoms with Crippen LogP contribution in [0, 0.1) is 13.8 Å². The van der Waals surface area contributed by atoms with Crippen molar-refractivity contribution in [1.82, 2.24) is 5.16 Å². The number of aromatic carboxylic acids is 1. The van der Waals surface area contributed by atoms with E-state index in [2.05, 4.69) is 10.5 Å². The Morgan fingerprint density at radius 1 is 1.33 bits per heavy atom. The lowest BCUT2D eigenvalue weighted by atomic mass is 10.1. The highest BCUT2D eigenvalue weighted by molar-refractivity contribution is 6.09. The Bertz CT molecular complexity index is 704. The van der Waals surface area contributed by atoms with E-state index < -0.39 is 11.9 Å². The van der Waals surface area contributed by atoms with Crippen molar-refractivity contribution in [3.05, 3.63) is 46.3 Å². The van der Waals surface area contributed by atoms with Crippen LogP contribution in [-0.4, -0.2) is 22.1 Å². The van der Waals surface area contributed by atoms with Crippen LogP contribution in [0.25, 0.3) is 0 Å². The predicted molar refractivity (Wildman–Crippen MR) is 76.7 cm³/mol. The lowest BCUT2D eigenvalue weighted by molar-refractivity contribution is 0.0698. The largest absolute Gasteiger partial charge is 0.478 e. The third kappa shape index (κ3) is 2.79. The Kier molecular flexibility index (Phi) is 4.07. The Hall–Kier alpha value is -2.63. The smallest absolute Gasteiger partial charge is 0.337 e. The number of benzene rings is 1. The predicted octanol–water partition coefficient (Wildman–Crippen LogP) is 2.80. The third-order valence-electron chi connectivity index (χ3n) is 3.24. The van der Waals surface area contributed by atoms with E-state index in [0.717, 1.165) is 0 Å². The molecule has 110 valence electrons. The maximum absolute atomic E-state index is 12.4. The summed E-state index contributed by atoms with van der Waals surface area (Å²) < 4.78 is 5.03. The minimum absolute atomic E-state index is 0.0514. The first-order chi connectivity index (χ1) is 9.95. The maximum Gasteiger partial charge on any atom is 0.337 e. The van der Waals surface area contributed by atoms with Crippen molar-refractivity contribution in [2.24, 2.45) is 0 Å². The average Bonchev–Trinajstić information content (AvgIpc) is 2.81. The van der Waals surface area contributed by atoms with Crippen LogP contribution in [0.4, 0.5) is 5.69 Å². The van der Waals surface area contributed by atoms with E-state index in [1.807, 2.05) is 6.92 Å². The number of amides is 1. The van der Waals surface area contributed by atoms with Crippen molar-refractivity contribution in [2.75, 3.05) is 5.32 Å². The first-order valence-corrected chi connectivity index (χ1v) is 6.55. The highest BCUT2D eigenvalue weighted by atomic mass is 16.5. The van der Waals surface area contributed by atoms with Crippen molar-refractivity contribution in [1.29, 1.82) is 0 Å². The number of aromatic nitrogens is 1. The number of rotatable bonds is 4. The molecule has 0 fully saturated rings. The van der Waals surface area contributed by atoms with E-state index in [9.17, 15) is 14.7 Å². The molecule has 21 heavy (non-hydrogen) atoms. The van der Waals surface area contributed by atoms with E-state index in [4.69, 9.17) is 4.52 Å². The molecule has 1 heterocycles. The first-order valence-electron chi connectivity index (χ1n) is 6.55. The second-order valence-corrected chi connectivity index (χ2v) is 4.67. The number of aryl methyl sites for hydroxylation is 3. The molecule has 0 unspecified atom stereocenters. The lowest BCUT2D eigenvalue weighted by Crippen LogP contribution is -2.17. The van der Waals surface area contributed by atoms with E-state index in [0.29, 0.717) is 29.0 Å². The normalized spacial score (nSPS) is 10.4. The van der Waals surface area contributed by atoms with Crippen LogP contribution >= 0.6 is 0 Å². The monoisotopic (exact) mass is 288 g/mol. The topological polar surface area (TPSA) is 92.4 Å². The molecule has 1 amide bonds. The number of nitrogens with zero attached hydrogens (tertiary/aromatic N) is 1. The van der Waals surface area contributed by atoms with Crippen molar-refractivity contribution in [3.8, 4) is 0 Å². The molecule has 0 aliphatic heterocycles. The van der Waals surface area contributed by atoms with Crippen LogP contribution in [0.15, 0.2) is 22.7 Å². The van der Waals surface area contributed by atoms with E-state index in [-0.39, 0.29) is 11.3 Å². The molecule has 6 heteroatoms. The fraction of sp³-hybridized carbons (Fsp3) is 0.267. The summed E-state index contributed by atoms with van der Waals surface area (Å²) in [6.45, 7) is 5.25. The molecule has 1 aromatic carbocycles. The standard InChI is InChI=1S/C15H16N2O4/c1-4-11-12(9(3)21-17-11)14(18)16-13-8(2)6-5-7-10(13)15(19)20/h5-7H,4H2,1-3H3,(H,16,18)(H,19,20). The molecule has 0 spiro atoms. The number of para-hydroxylation sites is 1. The molecule has 0 bridgehead atoms. The number of hydrogen-bond donors (Lipinski definition) is 2. The van der Waals surface area contributed by atoms with Crippen LogP contribution in [-0.2, 0) is 6.42 Å². The number of nitrogens with one attached hydrogen (secondary N) is 1. The SMILES string of the molecule is CCc1noc(C)c1C(=O)Nc1c(C)cccc1C(=O)O. The van der Waals surface area contributed by atoms with E-state index in [1.54, 1.807) is 26.0 Å². The Labute approximate surface area is 121 Å². The molecule has 0 saturated heterocycles. The van der Waals surface area contributed by atoms with Gasteiger partial charge in [0.25, 0.3) is 5.91 Å². The van der Waals surface area contributed by atoms with Crippen LogP contribution in [0.1, 0.15) is 44.7 Å². The van der Waals surface area contributed by atoms with Gasteiger partial charge in [0.05, 0.1) is 16.9 Å². The van der Waals surface area contributed by atoms with E-state index in [1.165, 1.54) is 6.07 Å². The molecular formula is C15H16N2O4. The fourth-order valence-corrected chi connectivity index (χ4v) is 2.14. The zero-order valence-corrected chi connectivity index (χ0v) is 12.1. The molecule has 2 rings (SSSR count). The molecular weight excluding hydrogens is 272 g/mol. The first kappa shape index (κ1) is 14.8. The van der Waals surface area contributed by atoms with Crippen molar-refractivity contribution < 1.29 is 19.2 Å². The van der Waals surface area contributed by atoms with Crippen molar-refractivity contribution in [2.45, 2.75) is 27.2 Å². The molecule has 0 radical (unpaired) electrons. The van der Waals surface area contributed by atoms with Crippen molar-refractivity contribution in [3.63, 3.8) is 0 Å². The third-order valence-corrected chi connectivity index (χ3v) is 3.24. The molecule has 0 atom stereocenters. The Balaban J connectivity index is 2.41. The van der Waals surface area contributed by atoms with Gasteiger partial charge in [-0.2, -0.15) is 0 Å². The number of carboxylic acid groups (broad SMARTS) is 1. The van der Waals surface area contributed by atoms with Crippen LogP contribution < -0.4 is 5.32 Å². The second kappa shape index (κ2) is 5.78. The quantitative estimate of drug-likeness (QED) is 0.902. The number of hydrogen-bond acceptors (Lipinski definition) is 4. The summed E-state index contributed by atoms with van der Waals surface area (Å²) in [4.78, 5) is 23.6. The number of carbonyl (C=O) groups excluding carboxylic acids is 1. The zero-order valence-electron chi connectivity index (χ0n) is 12.1. The number of carbonyl (C=O) groups is 2. The van der Waals surface area contributed by atoms with Crippen LogP contribution in [0.5, 0.6) is 0 Å². The molecule has 1 aromatic heterocycles. The Morgan fingerprint density at radius 2 is 2.05 bits per heavy atom. The van der Waals surface area contributed by atoms with Gasteiger partial charge in [-0.15, -0.1) is 0 Å². The molecule has 2 aromatic rings. The van der Waals surface area contributed by atoms with E-state index >= 15 is 0 Å². The second-order valence-electron chi connectivity index (χ2n) is 4.67. The summed E-state index contributed by atoms with van der Waals surface area (Å²) in [5.41, 5.74) is 1.93. The van der Waals surface area contributed by atoms with Gasteiger partial charge in [0.15, 0.2) is 0 Å². The number of anilines is 1. The fourth-order valence-electron chi connectivity index (χ4n) is 2.14. The van der Waals surface area contributed by atoms with Gasteiger partial charge in [-0.25, -0.2) is 4.79 Å². The summed E-state index contributed by atoms with van der Waals surface area (Å²) in [6, 6.07) is 4.83. The van der Waals surface area contributed by atoms with Gasteiger partial charge in [0.2, 0.25) is 0 Å². The minimum Gasteiger partial charge on any atom is -0.478 e. The summed E-state index contributed by atoms with van der Waals surface area (Å²) in [6.07, 6.45) is 0.555. The van der Waals surface area contributed by atoms with Gasteiger partial charge in [-0.1, -0.05) is 24.2 Å². The van der Waals surface area contributed by atoms with Gasteiger partial charge < -0.3 is 14.9 Å². The summed E-state index contributed by atoms with van der Waals surface area (Å²) >= 11 is 0. The molecule has 0 saturated carbocycles. The average molecular weight is 288 g/mol. The maximum atomic E-state index is 12.4. The van der Waals surface area contributed by atoms with Gasteiger partial charge in [-0.05, 0) is 31.9 Å². The lowest BCUT2D eigenvalue weighted by Gasteiger charge is -2.11. The zero-order chi connectivity index (χ0) is 15.6. The Morgan fingerprint density at radius 3 is 2.67 bits per heavy atom. The molecule has 6 nitrogen and oxygen atoms in total. The van der Waals surface area contributed by atoms with Crippen molar-refractivity contribution >= 4 is 17.6 Å². The minimum atomic E-state index is -1.09. The molecule has 2 N–H and O–H groups in total. The van der Waals surface area contributed by atoms with Gasteiger partial charge in [0, 0.05) is 0 Å². The van der Waals surface area contributed by atoms with Crippen LogP contribution in [0.3, 0.4) is 0 Å². The summed E-state index contributed by atoms with van der Waals surface area (Å²) in [7, 11) is 0. The molecule has 0 aliphatic rings. The van der Waals surface area contributed by atoms with Crippen LogP contribution in [0.2, 0.25) is 0 Å². The highest BCUT2D eigenvalue weighted by Crippen LogP contribution is 2.23.